The molecule has 0 aliphatic heterocycles. The maximum Gasteiger partial charge on any atom is 0.150 e. The molecule has 78 valence electrons. The van der Waals surface area contributed by atoms with Gasteiger partial charge in [0.2, 0.25) is 0 Å². The average Bonchev–Trinajstić information content (AvgIpc) is 2.31. The van der Waals surface area contributed by atoms with Crippen LogP contribution < -0.4 is 0 Å². The van der Waals surface area contributed by atoms with Crippen LogP contribution in [0.25, 0.3) is 10.8 Å². The Labute approximate surface area is 95.5 Å². The van der Waals surface area contributed by atoms with Crippen molar-refractivity contribution in [3.8, 4) is 0 Å². The third-order valence-electron chi connectivity index (χ3n) is 1.98. The normalized spacial score (nSPS) is 9.27. The lowest BCUT2D eigenvalue weighted by atomic mass is 10.1. The number of hydrogen-bond acceptors (Lipinski definition) is 2. The van der Waals surface area contributed by atoms with Crippen molar-refractivity contribution >= 4 is 29.7 Å². The van der Waals surface area contributed by atoms with Crippen molar-refractivity contribution in [2.24, 2.45) is 0 Å². The fourth-order valence-electron chi connectivity index (χ4n) is 1.32. The third kappa shape index (κ3) is 2.83. The molecule has 0 N–H and O–H groups in total. The van der Waals surface area contributed by atoms with E-state index in [1.54, 1.807) is 0 Å². The summed E-state index contributed by atoms with van der Waals surface area (Å²) in [4.78, 5) is 11.4. The number of carbonyl (C=O) groups is 1. The quantitative estimate of drug-likeness (QED) is 0.566. The van der Waals surface area contributed by atoms with E-state index >= 15 is 0 Å². The summed E-state index contributed by atoms with van der Waals surface area (Å²) in [7, 11) is 0. The minimum Gasteiger partial charge on any atom is -0.298 e. The van der Waals surface area contributed by atoms with Gasteiger partial charge in [-0.1, -0.05) is 32.0 Å². The van der Waals surface area contributed by atoms with Crippen molar-refractivity contribution in [1.29, 1.82) is 0 Å². The number of carbonyl (C=O) groups excluding carboxylic acids is 1. The standard InChI is InChI=1S/C11H8OS.C2H6/c12-7-8-1-2-10-6-11(13)4-3-9(10)5-8;1-2/h1-7,13H;1-2H3. The zero-order chi connectivity index (χ0) is 11.3. The molecular weight excluding hydrogens is 204 g/mol. The van der Waals surface area contributed by atoms with E-state index in [9.17, 15) is 4.79 Å². The zero-order valence-corrected chi connectivity index (χ0v) is 9.79. The summed E-state index contributed by atoms with van der Waals surface area (Å²) in [6.07, 6.45) is 0.855. The summed E-state index contributed by atoms with van der Waals surface area (Å²) in [5.41, 5.74) is 0.708. The van der Waals surface area contributed by atoms with Crippen molar-refractivity contribution in [2.75, 3.05) is 0 Å². The molecule has 2 rings (SSSR count). The Hall–Kier alpha value is -1.28. The SMILES string of the molecule is CC.O=Cc1ccc2cc(S)ccc2c1. The van der Waals surface area contributed by atoms with Gasteiger partial charge in [-0.3, -0.25) is 4.79 Å². The van der Waals surface area contributed by atoms with Gasteiger partial charge in [-0.2, -0.15) is 0 Å². The van der Waals surface area contributed by atoms with E-state index in [-0.39, 0.29) is 0 Å². The van der Waals surface area contributed by atoms with Gasteiger partial charge in [-0.05, 0) is 29.0 Å². The first-order chi connectivity index (χ1) is 7.29. The third-order valence-corrected chi connectivity index (χ3v) is 2.26. The number of fused-ring (bicyclic) bond motifs is 1. The largest absolute Gasteiger partial charge is 0.298 e. The molecule has 0 bridgehead atoms. The van der Waals surface area contributed by atoms with Gasteiger partial charge in [-0.15, -0.1) is 12.6 Å². The van der Waals surface area contributed by atoms with Gasteiger partial charge in [0.1, 0.15) is 6.29 Å². The van der Waals surface area contributed by atoms with Crippen LogP contribution in [0.4, 0.5) is 0 Å². The lowest BCUT2D eigenvalue weighted by Crippen LogP contribution is -1.79. The molecule has 2 heteroatoms. The highest BCUT2D eigenvalue weighted by Crippen LogP contribution is 2.18. The second-order valence-electron chi connectivity index (χ2n) is 2.91. The maximum absolute atomic E-state index is 10.5. The second-order valence-corrected chi connectivity index (χ2v) is 3.43. The second kappa shape index (κ2) is 5.56. The smallest absolute Gasteiger partial charge is 0.150 e. The molecule has 0 aliphatic carbocycles. The predicted octanol–water partition coefficient (Wildman–Crippen LogP) is 3.97. The van der Waals surface area contributed by atoms with Gasteiger partial charge in [0.05, 0.1) is 0 Å². The Morgan fingerprint density at radius 1 is 1.00 bits per heavy atom. The molecule has 15 heavy (non-hydrogen) atoms. The van der Waals surface area contributed by atoms with Crippen LogP contribution in [0.5, 0.6) is 0 Å². The number of benzene rings is 2. The molecule has 0 aliphatic rings. The molecule has 0 fully saturated rings. The summed E-state index contributed by atoms with van der Waals surface area (Å²) in [6, 6.07) is 11.5. The number of rotatable bonds is 1. The van der Waals surface area contributed by atoms with Crippen LogP contribution in [0.1, 0.15) is 24.2 Å². The molecule has 0 saturated carbocycles. The highest BCUT2D eigenvalue weighted by atomic mass is 32.1. The molecule has 0 unspecified atom stereocenters. The Kier molecular flexibility index (Phi) is 4.37. The summed E-state index contributed by atoms with van der Waals surface area (Å²) >= 11 is 4.24. The summed E-state index contributed by atoms with van der Waals surface area (Å²) in [6.45, 7) is 4.00. The lowest BCUT2D eigenvalue weighted by molar-refractivity contribution is 0.112. The average molecular weight is 218 g/mol. The van der Waals surface area contributed by atoms with E-state index in [0.29, 0.717) is 5.56 Å². The van der Waals surface area contributed by atoms with Crippen LogP contribution in [0.3, 0.4) is 0 Å². The van der Waals surface area contributed by atoms with Crippen molar-refractivity contribution in [1.82, 2.24) is 0 Å². The predicted molar refractivity (Wildman–Crippen MR) is 67.9 cm³/mol. The number of aldehydes is 1. The van der Waals surface area contributed by atoms with Crippen LogP contribution in [0.15, 0.2) is 41.3 Å². The Morgan fingerprint density at radius 3 is 2.27 bits per heavy atom. The Morgan fingerprint density at radius 2 is 1.60 bits per heavy atom. The molecule has 0 amide bonds. The van der Waals surface area contributed by atoms with Crippen molar-refractivity contribution in [3.05, 3.63) is 42.0 Å². The molecule has 0 spiro atoms. The molecular formula is C13H14OS. The summed E-state index contributed by atoms with van der Waals surface area (Å²) in [5.74, 6) is 0. The molecule has 0 aromatic heterocycles. The van der Waals surface area contributed by atoms with Crippen LogP contribution in [-0.2, 0) is 0 Å². The number of thiol groups is 1. The highest BCUT2D eigenvalue weighted by molar-refractivity contribution is 7.80. The van der Waals surface area contributed by atoms with Crippen molar-refractivity contribution < 1.29 is 4.79 Å². The zero-order valence-electron chi connectivity index (χ0n) is 8.90. The minimum atomic E-state index is 0.708. The molecule has 0 heterocycles. The monoisotopic (exact) mass is 218 g/mol. The van der Waals surface area contributed by atoms with Crippen LogP contribution in [0, 0.1) is 0 Å². The van der Waals surface area contributed by atoms with Gasteiger partial charge >= 0.3 is 0 Å². The maximum atomic E-state index is 10.5. The number of hydrogen-bond donors (Lipinski definition) is 1. The Balaban J connectivity index is 0.000000531. The molecule has 0 radical (unpaired) electrons. The van der Waals surface area contributed by atoms with E-state index in [4.69, 9.17) is 0 Å². The van der Waals surface area contributed by atoms with Crippen LogP contribution in [0.2, 0.25) is 0 Å². The van der Waals surface area contributed by atoms with Gasteiger partial charge in [0, 0.05) is 10.5 Å². The topological polar surface area (TPSA) is 17.1 Å². The summed E-state index contributed by atoms with van der Waals surface area (Å²) in [5, 5.41) is 2.18. The first kappa shape index (κ1) is 11.8. The molecule has 2 aromatic carbocycles. The highest BCUT2D eigenvalue weighted by Gasteiger charge is 1.95. The van der Waals surface area contributed by atoms with Gasteiger partial charge in [0.25, 0.3) is 0 Å². The van der Waals surface area contributed by atoms with E-state index < -0.39 is 0 Å². The van der Waals surface area contributed by atoms with E-state index in [0.717, 1.165) is 22.0 Å². The van der Waals surface area contributed by atoms with Gasteiger partial charge in [-0.25, -0.2) is 0 Å². The van der Waals surface area contributed by atoms with Crippen LogP contribution >= 0.6 is 12.6 Å². The molecule has 0 atom stereocenters. The van der Waals surface area contributed by atoms with E-state index in [1.165, 1.54) is 0 Å². The molecule has 2 aromatic rings. The molecule has 1 nitrogen and oxygen atoms in total. The fourth-order valence-corrected chi connectivity index (χ4v) is 1.54. The van der Waals surface area contributed by atoms with E-state index in [2.05, 4.69) is 12.6 Å². The van der Waals surface area contributed by atoms with Gasteiger partial charge in [0.15, 0.2) is 0 Å². The first-order valence-corrected chi connectivity index (χ1v) is 5.42. The fraction of sp³-hybridized carbons (Fsp3) is 0.154. The Bertz CT molecular complexity index is 463. The first-order valence-electron chi connectivity index (χ1n) is 4.97. The van der Waals surface area contributed by atoms with E-state index in [1.807, 2.05) is 50.2 Å². The van der Waals surface area contributed by atoms with Crippen molar-refractivity contribution in [2.45, 2.75) is 18.7 Å². The lowest BCUT2D eigenvalue weighted by Gasteiger charge is -1.99. The van der Waals surface area contributed by atoms with Gasteiger partial charge < -0.3 is 0 Å². The van der Waals surface area contributed by atoms with Crippen LogP contribution in [-0.4, -0.2) is 6.29 Å². The van der Waals surface area contributed by atoms with Crippen molar-refractivity contribution in [3.63, 3.8) is 0 Å². The minimum absolute atomic E-state index is 0.708. The summed E-state index contributed by atoms with van der Waals surface area (Å²) < 4.78 is 0. The molecule has 0 saturated heterocycles.